The first kappa shape index (κ1) is 24.1. The Bertz CT molecular complexity index is 1120. The van der Waals surface area contributed by atoms with E-state index in [-0.39, 0.29) is 11.9 Å². The number of urea groups is 1. The molecule has 1 aliphatic heterocycles. The lowest BCUT2D eigenvalue weighted by atomic mass is 10.0. The molecule has 9 nitrogen and oxygen atoms in total. The summed E-state index contributed by atoms with van der Waals surface area (Å²) in [4.78, 5) is 38.3. The van der Waals surface area contributed by atoms with E-state index in [2.05, 4.69) is 20.5 Å². The van der Waals surface area contributed by atoms with Gasteiger partial charge in [0.25, 0.3) is 5.91 Å². The average Bonchev–Trinajstić information content (AvgIpc) is 2.92. The zero-order valence-corrected chi connectivity index (χ0v) is 20.2. The summed E-state index contributed by atoms with van der Waals surface area (Å²) >= 11 is 5.69. The van der Waals surface area contributed by atoms with Crippen molar-refractivity contribution in [1.29, 1.82) is 0 Å². The van der Waals surface area contributed by atoms with Gasteiger partial charge in [-0.05, 0) is 76.9 Å². The smallest absolute Gasteiger partial charge is 0.320 e. The molecule has 0 spiro atoms. The number of pyridine rings is 1. The molecule has 3 rings (SSSR count). The summed E-state index contributed by atoms with van der Waals surface area (Å²) in [6.07, 6.45) is 1.58. The van der Waals surface area contributed by atoms with Gasteiger partial charge in [-0.1, -0.05) is 6.07 Å². The number of carbonyl (C=O) groups is 2. The molecule has 10 heteroatoms. The van der Waals surface area contributed by atoms with Crippen LogP contribution in [0.3, 0.4) is 0 Å². The topological polar surface area (TPSA) is 85.2 Å². The van der Waals surface area contributed by atoms with Gasteiger partial charge in [0.15, 0.2) is 10.8 Å². The van der Waals surface area contributed by atoms with Crippen molar-refractivity contribution in [1.82, 2.24) is 15.2 Å². The average molecular weight is 466 g/mol. The second kappa shape index (κ2) is 9.52. The molecule has 2 heterocycles. The van der Waals surface area contributed by atoms with E-state index in [0.29, 0.717) is 34.5 Å². The Labute approximate surface area is 199 Å². The predicted octanol–water partition coefficient (Wildman–Crippen LogP) is 3.54. The second-order valence-corrected chi connectivity index (χ2v) is 8.85. The molecule has 3 amide bonds. The summed E-state index contributed by atoms with van der Waals surface area (Å²) in [7, 11) is 3.86. The monoisotopic (exact) mass is 465 g/mol. The number of rotatable bonds is 6. The van der Waals surface area contributed by atoms with E-state index in [1.54, 1.807) is 55.3 Å². The Morgan fingerprint density at radius 1 is 1.24 bits per heavy atom. The van der Waals surface area contributed by atoms with Crippen molar-refractivity contribution < 1.29 is 9.59 Å². The Kier molecular flexibility index (Phi) is 6.95. The first-order valence-corrected chi connectivity index (χ1v) is 10.8. The van der Waals surface area contributed by atoms with Gasteiger partial charge in [0.05, 0.1) is 18.5 Å². The number of hydrogen-bond donors (Lipinski definition) is 2. The fourth-order valence-corrected chi connectivity index (χ4v) is 4.03. The molecule has 2 aromatic rings. The maximum atomic E-state index is 13.3. The molecular weight excluding hydrogens is 438 g/mol. The maximum Gasteiger partial charge on any atom is 0.320 e. The predicted molar refractivity (Wildman–Crippen MR) is 134 cm³/mol. The number of anilines is 3. The molecule has 1 fully saturated rings. The lowest BCUT2D eigenvalue weighted by Crippen LogP contribution is -2.44. The van der Waals surface area contributed by atoms with Crippen molar-refractivity contribution in [2.45, 2.75) is 26.3 Å². The largest absolute Gasteiger partial charge is 0.337 e. The molecule has 1 aliphatic rings. The highest BCUT2D eigenvalue weighted by molar-refractivity contribution is 7.81. The summed E-state index contributed by atoms with van der Waals surface area (Å²) < 4.78 is 0. The van der Waals surface area contributed by atoms with E-state index >= 15 is 0 Å². The van der Waals surface area contributed by atoms with Gasteiger partial charge in [0.2, 0.25) is 0 Å². The van der Waals surface area contributed by atoms with Crippen LogP contribution in [0, 0.1) is 13.5 Å². The quantitative estimate of drug-likeness (QED) is 0.501. The summed E-state index contributed by atoms with van der Waals surface area (Å²) in [5.41, 5.74) is 1.62. The first-order valence-electron chi connectivity index (χ1n) is 10.4. The molecule has 0 bridgehead atoms. The number of likely N-dealkylation sites (N-methyl/N-ethyl adjacent to an activating group) is 1. The number of nitrogens with one attached hydrogen (secondary N) is 2. The van der Waals surface area contributed by atoms with E-state index in [1.807, 2.05) is 25.9 Å². The number of aryl methyl sites for hydroxylation is 1. The van der Waals surface area contributed by atoms with Crippen LogP contribution in [0.15, 0.2) is 36.5 Å². The molecule has 33 heavy (non-hydrogen) atoms. The van der Waals surface area contributed by atoms with E-state index < -0.39 is 5.54 Å². The van der Waals surface area contributed by atoms with Gasteiger partial charge in [0, 0.05) is 18.8 Å². The molecule has 1 aromatic carbocycles. The van der Waals surface area contributed by atoms with Crippen LogP contribution < -0.4 is 20.4 Å². The van der Waals surface area contributed by atoms with Crippen LogP contribution in [0.5, 0.6) is 0 Å². The third-order valence-corrected chi connectivity index (χ3v) is 5.68. The van der Waals surface area contributed by atoms with Gasteiger partial charge < -0.3 is 15.1 Å². The van der Waals surface area contributed by atoms with Crippen LogP contribution in [0.2, 0.25) is 0 Å². The van der Waals surface area contributed by atoms with Crippen LogP contribution in [0.25, 0.3) is 4.85 Å². The van der Waals surface area contributed by atoms with Crippen molar-refractivity contribution in [3.63, 3.8) is 0 Å². The number of carbonyl (C=O) groups excluding carboxylic acids is 2. The fraction of sp³-hybridized carbons (Fsp3) is 0.348. The van der Waals surface area contributed by atoms with Crippen LogP contribution >= 0.6 is 12.2 Å². The first-order chi connectivity index (χ1) is 15.6. The van der Waals surface area contributed by atoms with Gasteiger partial charge in [-0.2, -0.15) is 0 Å². The van der Waals surface area contributed by atoms with E-state index in [0.717, 1.165) is 12.1 Å². The van der Waals surface area contributed by atoms with Crippen molar-refractivity contribution >= 4 is 52.1 Å². The van der Waals surface area contributed by atoms with E-state index in [9.17, 15) is 9.59 Å². The number of aromatic nitrogens is 1. The lowest BCUT2D eigenvalue weighted by molar-refractivity contribution is -0.120. The highest BCUT2D eigenvalue weighted by Gasteiger charge is 2.50. The Morgan fingerprint density at radius 3 is 2.52 bits per heavy atom. The fourth-order valence-electron chi connectivity index (χ4n) is 3.51. The van der Waals surface area contributed by atoms with Crippen LogP contribution in [-0.4, -0.2) is 59.7 Å². The Balaban J connectivity index is 1.79. The molecule has 0 radical (unpaired) electrons. The third kappa shape index (κ3) is 4.94. The standard InChI is InChI=1S/C23H27N7O2S/c1-15-13-16(7-9-18(15)24-4)29-20(31)23(2,3)30(22(29)33)17-8-10-19(26-14-17)27-21(32)25-11-12-28(5)6/h7-10,13-14H,11-12H2,1-3,5-6H3,(H2,25,26,27,32). The molecular formula is C23H27N7O2S. The van der Waals surface area contributed by atoms with Crippen molar-refractivity contribution in [2.75, 3.05) is 42.3 Å². The maximum absolute atomic E-state index is 13.3. The van der Waals surface area contributed by atoms with Gasteiger partial charge >= 0.3 is 6.03 Å². The van der Waals surface area contributed by atoms with Crippen LogP contribution in [0.4, 0.5) is 27.7 Å². The zero-order valence-electron chi connectivity index (χ0n) is 19.3. The van der Waals surface area contributed by atoms with Gasteiger partial charge in [-0.3, -0.25) is 15.0 Å². The van der Waals surface area contributed by atoms with Crippen molar-refractivity contribution in [3.05, 3.63) is 53.5 Å². The minimum Gasteiger partial charge on any atom is -0.337 e. The van der Waals surface area contributed by atoms with E-state index in [4.69, 9.17) is 18.8 Å². The van der Waals surface area contributed by atoms with Crippen LogP contribution in [0.1, 0.15) is 19.4 Å². The lowest BCUT2D eigenvalue weighted by Gasteiger charge is -2.29. The Hall–Kier alpha value is -3.55. The number of nitrogens with zero attached hydrogens (tertiary/aromatic N) is 5. The number of hydrogen-bond acceptors (Lipinski definition) is 5. The zero-order chi connectivity index (χ0) is 24.3. The van der Waals surface area contributed by atoms with Gasteiger partial charge in [-0.15, -0.1) is 0 Å². The summed E-state index contributed by atoms with van der Waals surface area (Å²) in [6.45, 7) is 13.9. The number of thiocarbonyl (C=S) groups is 1. The molecule has 1 saturated heterocycles. The highest BCUT2D eigenvalue weighted by Crippen LogP contribution is 2.37. The summed E-state index contributed by atoms with van der Waals surface area (Å²) in [5.74, 6) is 0.211. The van der Waals surface area contributed by atoms with Gasteiger partial charge in [-0.25, -0.2) is 14.6 Å². The summed E-state index contributed by atoms with van der Waals surface area (Å²) in [6, 6.07) is 8.30. The molecule has 0 saturated carbocycles. The van der Waals surface area contributed by atoms with Crippen molar-refractivity contribution in [2.24, 2.45) is 0 Å². The van der Waals surface area contributed by atoms with Crippen molar-refractivity contribution in [3.8, 4) is 0 Å². The molecule has 2 N–H and O–H groups in total. The normalized spacial score (nSPS) is 15.1. The minimum atomic E-state index is -0.941. The van der Waals surface area contributed by atoms with Crippen LogP contribution in [-0.2, 0) is 4.79 Å². The second-order valence-electron chi connectivity index (χ2n) is 8.49. The highest BCUT2D eigenvalue weighted by atomic mass is 32.1. The minimum absolute atomic E-state index is 0.176. The molecule has 0 atom stereocenters. The SMILES string of the molecule is [C-]#[N+]c1ccc(N2C(=O)C(C)(C)N(c3ccc(NC(=O)NCCN(C)C)nc3)C2=S)cc1C. The third-order valence-electron chi connectivity index (χ3n) is 5.32. The molecule has 172 valence electrons. The Morgan fingerprint density at radius 2 is 1.94 bits per heavy atom. The molecule has 1 aromatic heterocycles. The molecule has 0 aliphatic carbocycles. The van der Waals surface area contributed by atoms with E-state index in [1.165, 1.54) is 4.90 Å². The number of benzene rings is 1. The molecule has 0 unspecified atom stereocenters. The summed E-state index contributed by atoms with van der Waals surface area (Å²) in [5, 5.41) is 5.78. The van der Waals surface area contributed by atoms with Gasteiger partial charge in [0.1, 0.15) is 11.4 Å². The number of amides is 3.